The van der Waals surface area contributed by atoms with Gasteiger partial charge in [0.05, 0.1) is 6.54 Å². The average Bonchev–Trinajstić information content (AvgIpc) is 2.30. The monoisotopic (exact) mass is 159 g/mol. The van der Waals surface area contributed by atoms with Crippen molar-refractivity contribution in [2.45, 2.75) is 6.54 Å². The van der Waals surface area contributed by atoms with Gasteiger partial charge in [-0.15, -0.1) is 0 Å². The van der Waals surface area contributed by atoms with E-state index in [2.05, 4.69) is 4.99 Å². The molecule has 1 heterocycles. The van der Waals surface area contributed by atoms with Gasteiger partial charge in [0, 0.05) is 11.8 Å². The van der Waals surface area contributed by atoms with E-state index >= 15 is 0 Å². The zero-order valence-corrected chi connectivity index (χ0v) is 6.57. The summed E-state index contributed by atoms with van der Waals surface area (Å²) in [6.45, 7) is 0.564. The highest BCUT2D eigenvalue weighted by atomic mass is 16.3. The standard InChI is InChI=1S/C10H9NO/c12-10-5-1-3-8-4-2-6-11-7-9(8)10/h1-6,12H,7H2. The van der Waals surface area contributed by atoms with Crippen LogP contribution in [0.3, 0.4) is 0 Å². The van der Waals surface area contributed by atoms with E-state index in [1.54, 1.807) is 12.3 Å². The third-order valence-corrected chi connectivity index (χ3v) is 1.90. The first-order valence-electron chi connectivity index (χ1n) is 3.85. The molecule has 1 aliphatic heterocycles. The molecule has 12 heavy (non-hydrogen) atoms. The van der Waals surface area contributed by atoms with Crippen molar-refractivity contribution in [3.05, 3.63) is 35.4 Å². The summed E-state index contributed by atoms with van der Waals surface area (Å²) in [4.78, 5) is 4.10. The Labute approximate surface area is 70.9 Å². The highest BCUT2D eigenvalue weighted by molar-refractivity contribution is 5.80. The SMILES string of the molecule is Oc1cccc2c1CN=CC=C2. The van der Waals surface area contributed by atoms with Crippen LogP contribution in [-0.2, 0) is 6.54 Å². The molecule has 2 rings (SSSR count). The number of aliphatic imine (C=N–C) groups is 1. The molecule has 1 aromatic carbocycles. The van der Waals surface area contributed by atoms with Crippen LogP contribution in [0.2, 0.25) is 0 Å². The maximum atomic E-state index is 9.47. The van der Waals surface area contributed by atoms with Gasteiger partial charge in [-0.3, -0.25) is 4.99 Å². The third kappa shape index (κ3) is 1.11. The van der Waals surface area contributed by atoms with Crippen LogP contribution in [0.1, 0.15) is 11.1 Å². The molecule has 0 unspecified atom stereocenters. The molecule has 1 aliphatic rings. The van der Waals surface area contributed by atoms with Gasteiger partial charge < -0.3 is 5.11 Å². The highest BCUT2D eigenvalue weighted by Gasteiger charge is 2.04. The summed E-state index contributed by atoms with van der Waals surface area (Å²) in [6, 6.07) is 5.50. The van der Waals surface area contributed by atoms with Gasteiger partial charge in [0.2, 0.25) is 0 Å². The molecule has 0 aromatic heterocycles. The first-order chi connectivity index (χ1) is 5.88. The van der Waals surface area contributed by atoms with Crippen molar-refractivity contribution in [2.75, 3.05) is 0 Å². The van der Waals surface area contributed by atoms with Crippen molar-refractivity contribution in [1.29, 1.82) is 0 Å². The number of benzene rings is 1. The lowest BCUT2D eigenvalue weighted by Crippen LogP contribution is -1.85. The predicted molar refractivity (Wildman–Crippen MR) is 49.3 cm³/mol. The average molecular weight is 159 g/mol. The highest BCUT2D eigenvalue weighted by Crippen LogP contribution is 2.23. The van der Waals surface area contributed by atoms with E-state index in [0.29, 0.717) is 12.3 Å². The smallest absolute Gasteiger partial charge is 0.121 e. The molecular formula is C10H9NO. The number of hydrogen-bond donors (Lipinski definition) is 1. The molecule has 0 atom stereocenters. The fraction of sp³-hybridized carbons (Fsp3) is 0.100. The zero-order chi connectivity index (χ0) is 8.39. The van der Waals surface area contributed by atoms with E-state index < -0.39 is 0 Å². The molecule has 2 heteroatoms. The van der Waals surface area contributed by atoms with Crippen LogP contribution < -0.4 is 0 Å². The number of phenolic OH excluding ortho intramolecular Hbond substituents is 1. The summed E-state index contributed by atoms with van der Waals surface area (Å²) in [5.41, 5.74) is 1.95. The minimum Gasteiger partial charge on any atom is -0.508 e. The Bertz CT molecular complexity index is 353. The van der Waals surface area contributed by atoms with Gasteiger partial charge >= 0.3 is 0 Å². The maximum Gasteiger partial charge on any atom is 0.121 e. The van der Waals surface area contributed by atoms with Gasteiger partial charge in [0.15, 0.2) is 0 Å². The van der Waals surface area contributed by atoms with Crippen LogP contribution in [0.25, 0.3) is 6.08 Å². The van der Waals surface area contributed by atoms with E-state index in [1.165, 1.54) is 0 Å². The van der Waals surface area contributed by atoms with Crippen molar-refractivity contribution in [2.24, 2.45) is 4.99 Å². The number of aromatic hydroxyl groups is 1. The normalized spacial score (nSPS) is 14.0. The largest absolute Gasteiger partial charge is 0.508 e. The first-order valence-corrected chi connectivity index (χ1v) is 3.85. The fourth-order valence-corrected chi connectivity index (χ4v) is 1.27. The van der Waals surface area contributed by atoms with E-state index in [9.17, 15) is 5.11 Å². The third-order valence-electron chi connectivity index (χ3n) is 1.90. The van der Waals surface area contributed by atoms with Crippen LogP contribution in [-0.4, -0.2) is 11.3 Å². The molecule has 1 N–H and O–H groups in total. The Morgan fingerprint density at radius 3 is 3.17 bits per heavy atom. The second-order valence-corrected chi connectivity index (χ2v) is 2.69. The second-order valence-electron chi connectivity index (χ2n) is 2.69. The van der Waals surface area contributed by atoms with Gasteiger partial charge in [-0.25, -0.2) is 0 Å². The molecule has 0 amide bonds. The molecule has 0 saturated carbocycles. The number of rotatable bonds is 0. The minimum atomic E-state index is 0.330. The number of hydrogen-bond acceptors (Lipinski definition) is 2. The van der Waals surface area contributed by atoms with Crippen LogP contribution in [0, 0.1) is 0 Å². The van der Waals surface area contributed by atoms with Crippen LogP contribution in [0.5, 0.6) is 5.75 Å². The quantitative estimate of drug-likeness (QED) is 0.616. The number of allylic oxidation sites excluding steroid dienone is 1. The summed E-state index contributed by atoms with van der Waals surface area (Å²) < 4.78 is 0. The van der Waals surface area contributed by atoms with Gasteiger partial charge in [-0.05, 0) is 17.7 Å². The molecule has 0 radical (unpaired) electrons. The summed E-state index contributed by atoms with van der Waals surface area (Å²) in [5, 5.41) is 9.47. The van der Waals surface area contributed by atoms with Gasteiger partial charge in [0.1, 0.15) is 5.75 Å². The molecule has 2 nitrogen and oxygen atoms in total. The van der Waals surface area contributed by atoms with E-state index in [4.69, 9.17) is 0 Å². The fourth-order valence-electron chi connectivity index (χ4n) is 1.27. The number of fused-ring (bicyclic) bond motifs is 1. The molecule has 60 valence electrons. The zero-order valence-electron chi connectivity index (χ0n) is 6.57. The summed E-state index contributed by atoms with van der Waals surface area (Å²) >= 11 is 0. The van der Waals surface area contributed by atoms with Crippen molar-refractivity contribution in [3.63, 3.8) is 0 Å². The van der Waals surface area contributed by atoms with Crippen LogP contribution in [0.15, 0.2) is 29.3 Å². The van der Waals surface area contributed by atoms with Gasteiger partial charge in [-0.1, -0.05) is 18.2 Å². The maximum absolute atomic E-state index is 9.47. The molecular weight excluding hydrogens is 150 g/mol. The Hall–Kier alpha value is -1.57. The Morgan fingerprint density at radius 2 is 2.25 bits per heavy atom. The Morgan fingerprint density at radius 1 is 1.33 bits per heavy atom. The molecule has 0 fully saturated rings. The molecule has 0 aliphatic carbocycles. The summed E-state index contributed by atoms with van der Waals surface area (Å²) in [7, 11) is 0. The van der Waals surface area contributed by atoms with E-state index in [-0.39, 0.29) is 0 Å². The minimum absolute atomic E-state index is 0.330. The van der Waals surface area contributed by atoms with E-state index in [0.717, 1.165) is 11.1 Å². The van der Waals surface area contributed by atoms with Crippen molar-refractivity contribution < 1.29 is 5.11 Å². The molecule has 0 bridgehead atoms. The molecule has 0 spiro atoms. The van der Waals surface area contributed by atoms with Crippen molar-refractivity contribution in [1.82, 2.24) is 0 Å². The Balaban J connectivity index is 2.59. The van der Waals surface area contributed by atoms with Crippen LogP contribution >= 0.6 is 0 Å². The Kier molecular flexibility index (Phi) is 1.67. The van der Waals surface area contributed by atoms with Gasteiger partial charge in [0.25, 0.3) is 0 Å². The molecule has 1 aromatic rings. The second kappa shape index (κ2) is 2.81. The lowest BCUT2D eigenvalue weighted by atomic mass is 10.1. The molecule has 0 saturated heterocycles. The lowest BCUT2D eigenvalue weighted by Gasteiger charge is -2.03. The van der Waals surface area contributed by atoms with Gasteiger partial charge in [-0.2, -0.15) is 0 Å². The van der Waals surface area contributed by atoms with Crippen LogP contribution in [0.4, 0.5) is 0 Å². The van der Waals surface area contributed by atoms with Crippen molar-refractivity contribution in [3.8, 4) is 5.75 Å². The predicted octanol–water partition coefficient (Wildman–Crippen LogP) is 1.99. The number of nitrogens with zero attached hydrogens (tertiary/aromatic N) is 1. The van der Waals surface area contributed by atoms with E-state index in [1.807, 2.05) is 24.3 Å². The number of phenols is 1. The lowest BCUT2D eigenvalue weighted by molar-refractivity contribution is 0.468. The summed E-state index contributed by atoms with van der Waals surface area (Å²) in [5.74, 6) is 0.330. The van der Waals surface area contributed by atoms with Crippen molar-refractivity contribution >= 4 is 12.3 Å². The first kappa shape index (κ1) is 7.10. The topological polar surface area (TPSA) is 32.6 Å². The summed E-state index contributed by atoms with van der Waals surface area (Å²) in [6.07, 6.45) is 5.58.